The summed E-state index contributed by atoms with van der Waals surface area (Å²) in [5, 5.41) is 7.28. The zero-order valence-electron chi connectivity index (χ0n) is 36.6. The van der Waals surface area contributed by atoms with Crippen LogP contribution < -0.4 is 4.90 Å². The molecule has 0 saturated heterocycles. The van der Waals surface area contributed by atoms with Crippen LogP contribution in [0.2, 0.25) is 0 Å². The van der Waals surface area contributed by atoms with Gasteiger partial charge in [0, 0.05) is 44.2 Å². The highest BCUT2D eigenvalue weighted by Gasteiger charge is 2.18. The summed E-state index contributed by atoms with van der Waals surface area (Å²) in [7, 11) is 0. The monoisotopic (exact) mass is 854 g/mol. The predicted molar refractivity (Wildman–Crippen MR) is 282 cm³/mol. The number of hydrogen-bond acceptors (Lipinski definition) is 2. The molecule has 0 N–H and O–H groups in total. The molecule has 3 nitrogen and oxygen atoms in total. The highest BCUT2D eigenvalue weighted by atomic mass is 16.3. The first-order valence-electron chi connectivity index (χ1n) is 22.9. The Morgan fingerprint density at radius 3 is 1.49 bits per heavy atom. The fourth-order valence-corrected chi connectivity index (χ4v) is 10.3. The molecule has 0 aliphatic heterocycles. The molecule has 11 aromatic carbocycles. The van der Waals surface area contributed by atoms with Crippen LogP contribution in [-0.4, -0.2) is 4.57 Å². The lowest BCUT2D eigenvalue weighted by atomic mass is 9.95. The molecule has 0 fully saturated rings. The fourth-order valence-electron chi connectivity index (χ4n) is 10.3. The number of benzene rings is 11. The molecular formula is C64H42N2O. The van der Waals surface area contributed by atoms with E-state index in [1.54, 1.807) is 0 Å². The maximum atomic E-state index is 6.26. The predicted octanol–water partition coefficient (Wildman–Crippen LogP) is 18.0. The second-order valence-electron chi connectivity index (χ2n) is 17.2. The summed E-state index contributed by atoms with van der Waals surface area (Å²) in [6.07, 6.45) is 0. The zero-order chi connectivity index (χ0) is 44.3. The molecule has 314 valence electrons. The molecule has 2 aromatic heterocycles. The standard InChI is InChI=1S/C64H42N2O/c1-2-18-52-44(14-1)15-12-23-53(52)45-32-38-50(39-33-45)65(49-36-30-43(31-37-49)47-16-11-17-48(42-47)55-24-13-29-63-64(55)58-22-6-10-28-62(58)67-63)51-40-34-46(35-41-51)54-19-3-7-25-59(54)66-60-26-8-4-20-56(60)57-21-5-9-27-61(57)66/h1-42H. The number of aromatic nitrogens is 1. The molecule has 2 heterocycles. The number of fused-ring (bicyclic) bond motifs is 7. The molecule has 67 heavy (non-hydrogen) atoms. The normalized spacial score (nSPS) is 11.6. The van der Waals surface area contributed by atoms with E-state index in [0.717, 1.165) is 66.9 Å². The van der Waals surface area contributed by atoms with Crippen molar-refractivity contribution in [3.8, 4) is 50.2 Å². The van der Waals surface area contributed by atoms with Crippen molar-refractivity contribution >= 4 is 71.6 Å². The number of nitrogens with zero attached hydrogens (tertiary/aromatic N) is 2. The Labute approximate surface area is 388 Å². The first-order chi connectivity index (χ1) is 33.2. The Bertz CT molecular complexity index is 3910. The average Bonchev–Trinajstić information content (AvgIpc) is 3.95. The summed E-state index contributed by atoms with van der Waals surface area (Å²) in [5.41, 5.74) is 18.0. The molecule has 0 spiro atoms. The van der Waals surface area contributed by atoms with Gasteiger partial charge in [0.15, 0.2) is 0 Å². The molecular weight excluding hydrogens is 813 g/mol. The zero-order valence-corrected chi connectivity index (χ0v) is 36.6. The van der Waals surface area contributed by atoms with Gasteiger partial charge in [0.2, 0.25) is 0 Å². The Kier molecular flexibility index (Phi) is 9.17. The minimum atomic E-state index is 0.902. The lowest BCUT2D eigenvalue weighted by Crippen LogP contribution is -2.09. The highest BCUT2D eigenvalue weighted by Crippen LogP contribution is 2.42. The van der Waals surface area contributed by atoms with Crippen LogP contribution in [0, 0.1) is 0 Å². The van der Waals surface area contributed by atoms with Gasteiger partial charge in [0.25, 0.3) is 0 Å². The van der Waals surface area contributed by atoms with E-state index < -0.39 is 0 Å². The summed E-state index contributed by atoms with van der Waals surface area (Å²) in [6.45, 7) is 0. The van der Waals surface area contributed by atoms with E-state index in [9.17, 15) is 0 Å². The molecule has 0 saturated carbocycles. The van der Waals surface area contributed by atoms with Crippen LogP contribution in [0.3, 0.4) is 0 Å². The Hall–Kier alpha value is -8.92. The summed E-state index contributed by atoms with van der Waals surface area (Å²) in [5.74, 6) is 0. The van der Waals surface area contributed by atoms with E-state index in [0.29, 0.717) is 0 Å². The van der Waals surface area contributed by atoms with Crippen LogP contribution in [0.5, 0.6) is 0 Å². The molecule has 3 heteroatoms. The third-order valence-electron chi connectivity index (χ3n) is 13.4. The van der Waals surface area contributed by atoms with Gasteiger partial charge in [0.05, 0.1) is 16.7 Å². The maximum absolute atomic E-state index is 6.26. The van der Waals surface area contributed by atoms with Crippen LogP contribution in [0.15, 0.2) is 259 Å². The number of rotatable bonds is 8. The van der Waals surface area contributed by atoms with E-state index in [1.165, 1.54) is 54.8 Å². The number of para-hydroxylation sites is 4. The van der Waals surface area contributed by atoms with Gasteiger partial charge in [-0.15, -0.1) is 0 Å². The van der Waals surface area contributed by atoms with Crippen molar-refractivity contribution in [3.63, 3.8) is 0 Å². The van der Waals surface area contributed by atoms with Crippen molar-refractivity contribution in [2.24, 2.45) is 0 Å². The van der Waals surface area contributed by atoms with Gasteiger partial charge in [-0.3, -0.25) is 0 Å². The summed E-state index contributed by atoms with van der Waals surface area (Å²) >= 11 is 0. The van der Waals surface area contributed by atoms with Crippen LogP contribution >= 0.6 is 0 Å². The largest absolute Gasteiger partial charge is 0.456 e. The third-order valence-corrected chi connectivity index (χ3v) is 13.4. The Morgan fingerprint density at radius 2 is 0.776 bits per heavy atom. The second kappa shape index (κ2) is 16.0. The van der Waals surface area contributed by atoms with E-state index >= 15 is 0 Å². The molecule has 0 amide bonds. The third kappa shape index (κ3) is 6.59. The molecule has 0 aliphatic rings. The summed E-state index contributed by atoms with van der Waals surface area (Å²) < 4.78 is 8.67. The first kappa shape index (κ1) is 38.5. The van der Waals surface area contributed by atoms with E-state index in [1.807, 2.05) is 12.1 Å². The van der Waals surface area contributed by atoms with E-state index in [2.05, 4.69) is 252 Å². The molecule has 0 bridgehead atoms. The van der Waals surface area contributed by atoms with E-state index in [-0.39, 0.29) is 0 Å². The molecule has 0 aliphatic carbocycles. The Balaban J connectivity index is 0.891. The van der Waals surface area contributed by atoms with Gasteiger partial charge in [-0.25, -0.2) is 0 Å². The summed E-state index contributed by atoms with van der Waals surface area (Å²) in [6, 6.07) is 91.9. The maximum Gasteiger partial charge on any atom is 0.136 e. The topological polar surface area (TPSA) is 21.3 Å². The minimum absolute atomic E-state index is 0.902. The van der Waals surface area contributed by atoms with E-state index in [4.69, 9.17) is 4.42 Å². The minimum Gasteiger partial charge on any atom is -0.456 e. The van der Waals surface area contributed by atoms with Gasteiger partial charge in [-0.1, -0.05) is 182 Å². The van der Waals surface area contributed by atoms with Gasteiger partial charge >= 0.3 is 0 Å². The van der Waals surface area contributed by atoms with Crippen LogP contribution in [0.4, 0.5) is 17.1 Å². The molecule has 0 radical (unpaired) electrons. The van der Waals surface area contributed by atoms with Crippen LogP contribution in [0.1, 0.15) is 0 Å². The van der Waals surface area contributed by atoms with Crippen molar-refractivity contribution < 1.29 is 4.42 Å². The summed E-state index contributed by atoms with van der Waals surface area (Å²) in [4.78, 5) is 2.36. The molecule has 13 rings (SSSR count). The quantitative estimate of drug-likeness (QED) is 0.152. The lowest BCUT2D eigenvalue weighted by molar-refractivity contribution is 0.669. The smallest absolute Gasteiger partial charge is 0.136 e. The van der Waals surface area contributed by atoms with Gasteiger partial charge in [-0.05, 0) is 123 Å². The number of hydrogen-bond donors (Lipinski definition) is 0. The first-order valence-corrected chi connectivity index (χ1v) is 22.9. The average molecular weight is 855 g/mol. The van der Waals surface area contributed by atoms with Crippen molar-refractivity contribution in [1.29, 1.82) is 0 Å². The molecule has 13 aromatic rings. The molecule has 0 unspecified atom stereocenters. The fraction of sp³-hybridized carbons (Fsp3) is 0. The van der Waals surface area contributed by atoms with Crippen molar-refractivity contribution in [2.45, 2.75) is 0 Å². The Morgan fingerprint density at radius 1 is 0.299 bits per heavy atom. The van der Waals surface area contributed by atoms with Gasteiger partial charge < -0.3 is 13.9 Å². The van der Waals surface area contributed by atoms with Crippen LogP contribution in [-0.2, 0) is 0 Å². The number of anilines is 3. The molecule has 0 atom stereocenters. The lowest BCUT2D eigenvalue weighted by Gasteiger charge is -2.26. The van der Waals surface area contributed by atoms with Crippen molar-refractivity contribution in [2.75, 3.05) is 4.90 Å². The van der Waals surface area contributed by atoms with Crippen molar-refractivity contribution in [3.05, 3.63) is 255 Å². The van der Waals surface area contributed by atoms with Crippen molar-refractivity contribution in [1.82, 2.24) is 4.57 Å². The van der Waals surface area contributed by atoms with Gasteiger partial charge in [0.1, 0.15) is 11.2 Å². The second-order valence-corrected chi connectivity index (χ2v) is 17.2. The number of furan rings is 1. The van der Waals surface area contributed by atoms with Crippen LogP contribution in [0.25, 0.3) is 105 Å². The van der Waals surface area contributed by atoms with Gasteiger partial charge in [-0.2, -0.15) is 0 Å². The highest BCUT2D eigenvalue weighted by molar-refractivity contribution is 6.13. The SMILES string of the molecule is c1cc(-c2ccc(N(c3ccc(-c4ccccc4-n4c5ccccc5c5ccccc54)cc3)c3ccc(-c4cccc5ccccc45)cc3)cc2)cc(-c2cccc3oc4ccccc4c23)c1.